The molecule has 0 bridgehead atoms. The lowest BCUT2D eigenvalue weighted by molar-refractivity contribution is -0.123. The summed E-state index contributed by atoms with van der Waals surface area (Å²) >= 11 is 0.951. The molecule has 0 spiro atoms. The summed E-state index contributed by atoms with van der Waals surface area (Å²) in [5.74, 6) is 1.66. The average molecular weight is 504 g/mol. The molecule has 1 aliphatic heterocycles. The summed E-state index contributed by atoms with van der Waals surface area (Å²) in [5.41, 5.74) is 3.92. The Hall–Kier alpha value is -3.71. The zero-order valence-electron chi connectivity index (χ0n) is 20.7. The first-order valence-corrected chi connectivity index (χ1v) is 12.6. The number of hydrogen-bond acceptors (Lipinski definition) is 6. The van der Waals surface area contributed by atoms with Gasteiger partial charge in [0.2, 0.25) is 0 Å². The fourth-order valence-corrected chi connectivity index (χ4v) is 4.53. The third-order valence-electron chi connectivity index (χ3n) is 5.66. The van der Waals surface area contributed by atoms with Crippen molar-refractivity contribution in [3.63, 3.8) is 0 Å². The van der Waals surface area contributed by atoms with Crippen LogP contribution in [-0.2, 0) is 11.3 Å². The average Bonchev–Trinajstić information content (AvgIpc) is 3.13. The van der Waals surface area contributed by atoms with Crippen molar-refractivity contribution in [3.8, 4) is 17.2 Å². The van der Waals surface area contributed by atoms with Gasteiger partial charge in [-0.3, -0.25) is 14.5 Å². The first kappa shape index (κ1) is 25.4. The van der Waals surface area contributed by atoms with Crippen molar-refractivity contribution in [2.45, 2.75) is 27.3 Å². The molecule has 0 N–H and O–H groups in total. The zero-order chi connectivity index (χ0) is 25.5. The zero-order valence-corrected chi connectivity index (χ0v) is 21.5. The van der Waals surface area contributed by atoms with E-state index < -0.39 is 0 Å². The maximum Gasteiger partial charge on any atom is 0.293 e. The molecule has 0 radical (unpaired) electrons. The Morgan fingerprint density at radius 3 is 2.36 bits per heavy atom. The van der Waals surface area contributed by atoms with E-state index >= 15 is 0 Å². The number of rotatable bonds is 10. The van der Waals surface area contributed by atoms with Gasteiger partial charge in [0, 0.05) is 0 Å². The first-order chi connectivity index (χ1) is 17.4. The Morgan fingerprint density at radius 2 is 1.61 bits per heavy atom. The van der Waals surface area contributed by atoms with Crippen molar-refractivity contribution < 1.29 is 23.8 Å². The highest BCUT2D eigenvalue weighted by molar-refractivity contribution is 8.18. The van der Waals surface area contributed by atoms with Crippen LogP contribution in [0.15, 0.2) is 71.6 Å². The molecule has 1 heterocycles. The van der Waals surface area contributed by atoms with E-state index in [1.807, 2.05) is 81.4 Å². The summed E-state index contributed by atoms with van der Waals surface area (Å²) in [6.45, 7) is 7.37. The van der Waals surface area contributed by atoms with Gasteiger partial charge < -0.3 is 14.2 Å². The molecule has 36 heavy (non-hydrogen) atoms. The van der Waals surface area contributed by atoms with Crippen molar-refractivity contribution in [1.29, 1.82) is 0 Å². The van der Waals surface area contributed by atoms with Crippen LogP contribution >= 0.6 is 11.8 Å². The molecule has 4 rings (SSSR count). The Labute approximate surface area is 215 Å². The predicted molar refractivity (Wildman–Crippen MR) is 142 cm³/mol. The van der Waals surface area contributed by atoms with E-state index in [9.17, 15) is 9.59 Å². The van der Waals surface area contributed by atoms with E-state index in [-0.39, 0.29) is 17.7 Å². The van der Waals surface area contributed by atoms with Crippen molar-refractivity contribution >= 4 is 29.0 Å². The second kappa shape index (κ2) is 11.8. The number of nitrogens with zero attached hydrogens (tertiary/aromatic N) is 1. The van der Waals surface area contributed by atoms with Crippen LogP contribution in [0.3, 0.4) is 0 Å². The second-order valence-electron chi connectivity index (χ2n) is 8.34. The van der Waals surface area contributed by atoms with Gasteiger partial charge in [-0.2, -0.15) is 0 Å². The lowest BCUT2D eigenvalue weighted by atomic mass is 10.1. The second-order valence-corrected chi connectivity index (χ2v) is 9.34. The van der Waals surface area contributed by atoms with E-state index in [1.165, 1.54) is 10.5 Å². The molecule has 0 unspecified atom stereocenters. The first-order valence-electron chi connectivity index (χ1n) is 11.8. The molecule has 2 amide bonds. The smallest absolute Gasteiger partial charge is 0.293 e. The Kier molecular flexibility index (Phi) is 8.33. The highest BCUT2D eigenvalue weighted by Crippen LogP contribution is 2.35. The molecule has 0 aliphatic carbocycles. The van der Waals surface area contributed by atoms with Crippen LogP contribution in [0.2, 0.25) is 0 Å². The molecule has 3 aromatic rings. The van der Waals surface area contributed by atoms with Crippen LogP contribution in [0.1, 0.15) is 29.2 Å². The van der Waals surface area contributed by atoms with Gasteiger partial charge in [-0.15, -0.1) is 0 Å². The topological polar surface area (TPSA) is 65.1 Å². The van der Waals surface area contributed by atoms with Gasteiger partial charge in [0.25, 0.3) is 11.1 Å². The quantitative estimate of drug-likeness (QED) is 0.236. The minimum Gasteiger partial charge on any atom is -0.490 e. The normalized spacial score (nSPS) is 14.4. The predicted octanol–water partition coefficient (Wildman–Crippen LogP) is 6.40. The lowest BCUT2D eigenvalue weighted by Crippen LogP contribution is -2.27. The highest BCUT2D eigenvalue weighted by atomic mass is 32.2. The molecule has 1 fully saturated rings. The van der Waals surface area contributed by atoms with Crippen molar-refractivity contribution in [2.24, 2.45) is 0 Å². The molecule has 6 nitrogen and oxygen atoms in total. The van der Waals surface area contributed by atoms with E-state index in [0.29, 0.717) is 36.2 Å². The van der Waals surface area contributed by atoms with Crippen molar-refractivity contribution in [1.82, 2.24) is 4.90 Å². The summed E-state index contributed by atoms with van der Waals surface area (Å²) in [6, 6.07) is 21.1. The minimum atomic E-state index is -0.292. The van der Waals surface area contributed by atoms with Crippen LogP contribution in [0.25, 0.3) is 6.08 Å². The maximum absolute atomic E-state index is 13.0. The third kappa shape index (κ3) is 6.29. The lowest BCUT2D eigenvalue weighted by Gasteiger charge is -2.14. The number of amides is 2. The summed E-state index contributed by atoms with van der Waals surface area (Å²) in [7, 11) is 0. The minimum absolute atomic E-state index is 0.260. The van der Waals surface area contributed by atoms with E-state index in [2.05, 4.69) is 0 Å². The summed E-state index contributed by atoms with van der Waals surface area (Å²) in [5, 5.41) is -0.270. The standard InChI is InChI=1S/C29H29NO5S/c1-4-33-26-17-22(11-14-25(26)35-16-15-34-24-12-9-20(2)10-13-24)18-27-28(31)30(29(32)36-27)19-23-8-6-5-7-21(23)3/h5-14,17-18H,4,15-16,19H2,1-3H3/b27-18-. The van der Waals surface area contributed by atoms with Gasteiger partial charge in [-0.05, 0) is 79.6 Å². The van der Waals surface area contributed by atoms with Gasteiger partial charge in [-0.25, -0.2) is 0 Å². The van der Waals surface area contributed by atoms with E-state index in [4.69, 9.17) is 14.2 Å². The molecule has 0 saturated carbocycles. The molecule has 186 valence electrons. The Balaban J connectivity index is 1.41. The fraction of sp³-hybridized carbons (Fsp3) is 0.241. The Morgan fingerprint density at radius 1 is 0.861 bits per heavy atom. The number of thioether (sulfide) groups is 1. The van der Waals surface area contributed by atoms with Crippen molar-refractivity contribution in [3.05, 3.63) is 93.9 Å². The summed E-state index contributed by atoms with van der Waals surface area (Å²) in [6.07, 6.45) is 1.72. The third-order valence-corrected chi connectivity index (χ3v) is 6.57. The molecule has 0 aromatic heterocycles. The van der Waals surface area contributed by atoms with Crippen LogP contribution in [0.4, 0.5) is 4.79 Å². The van der Waals surface area contributed by atoms with E-state index in [0.717, 1.165) is 34.2 Å². The number of benzene rings is 3. The molecule has 1 aliphatic rings. The monoisotopic (exact) mass is 503 g/mol. The molecular weight excluding hydrogens is 474 g/mol. The van der Waals surface area contributed by atoms with Gasteiger partial charge in [-0.1, -0.05) is 48.0 Å². The number of ether oxygens (including phenoxy) is 3. The Bertz CT molecular complexity index is 1270. The summed E-state index contributed by atoms with van der Waals surface area (Å²) in [4.78, 5) is 27.2. The number of aryl methyl sites for hydroxylation is 2. The van der Waals surface area contributed by atoms with Gasteiger partial charge in [0.05, 0.1) is 18.1 Å². The fourth-order valence-electron chi connectivity index (χ4n) is 3.69. The van der Waals surface area contributed by atoms with Crippen LogP contribution in [0.5, 0.6) is 17.2 Å². The van der Waals surface area contributed by atoms with E-state index in [1.54, 1.807) is 12.1 Å². The van der Waals surface area contributed by atoms with Gasteiger partial charge in [0.15, 0.2) is 11.5 Å². The van der Waals surface area contributed by atoms with Gasteiger partial charge >= 0.3 is 0 Å². The molecule has 1 saturated heterocycles. The van der Waals surface area contributed by atoms with Crippen LogP contribution in [-0.4, -0.2) is 35.9 Å². The molecule has 7 heteroatoms. The van der Waals surface area contributed by atoms with Gasteiger partial charge in [0.1, 0.15) is 19.0 Å². The number of hydrogen-bond donors (Lipinski definition) is 0. The SMILES string of the molecule is CCOc1cc(/C=C2\SC(=O)N(Cc3ccccc3C)C2=O)ccc1OCCOc1ccc(C)cc1. The largest absolute Gasteiger partial charge is 0.490 e. The maximum atomic E-state index is 13.0. The number of imide groups is 1. The number of carbonyl (C=O) groups excluding carboxylic acids is 2. The van der Waals surface area contributed by atoms with Crippen LogP contribution in [0, 0.1) is 13.8 Å². The highest BCUT2D eigenvalue weighted by Gasteiger charge is 2.35. The molecule has 0 atom stereocenters. The number of carbonyl (C=O) groups is 2. The molecular formula is C29H29NO5S. The molecule has 3 aromatic carbocycles. The van der Waals surface area contributed by atoms with Crippen LogP contribution < -0.4 is 14.2 Å². The summed E-state index contributed by atoms with van der Waals surface area (Å²) < 4.78 is 17.4. The van der Waals surface area contributed by atoms with Crippen molar-refractivity contribution in [2.75, 3.05) is 19.8 Å².